The SMILES string of the molecule is CSc1ccccc1Oc1ncc(F)cc1CNC(C)C. The van der Waals surface area contributed by atoms with E-state index < -0.39 is 0 Å². The van der Waals surface area contributed by atoms with Gasteiger partial charge >= 0.3 is 0 Å². The molecule has 0 amide bonds. The molecular formula is C16H19FN2OS. The monoisotopic (exact) mass is 306 g/mol. The maximum absolute atomic E-state index is 13.4. The number of halogens is 1. The van der Waals surface area contributed by atoms with Crippen LogP contribution >= 0.6 is 11.8 Å². The Bertz CT molecular complexity index is 605. The zero-order chi connectivity index (χ0) is 15.2. The van der Waals surface area contributed by atoms with Crippen LogP contribution in [-0.4, -0.2) is 17.3 Å². The van der Waals surface area contributed by atoms with E-state index in [2.05, 4.69) is 10.3 Å². The minimum Gasteiger partial charge on any atom is -0.438 e. The molecule has 3 nitrogen and oxygen atoms in total. The Kier molecular flexibility index (Phi) is 5.59. The lowest BCUT2D eigenvalue weighted by Crippen LogP contribution is -2.22. The molecule has 0 atom stereocenters. The maximum atomic E-state index is 13.4. The minimum atomic E-state index is -0.360. The van der Waals surface area contributed by atoms with Crippen LogP contribution < -0.4 is 10.1 Å². The first kappa shape index (κ1) is 15.8. The molecule has 0 saturated heterocycles. The van der Waals surface area contributed by atoms with Gasteiger partial charge in [-0.2, -0.15) is 0 Å². The molecule has 5 heteroatoms. The van der Waals surface area contributed by atoms with Crippen molar-refractivity contribution in [3.63, 3.8) is 0 Å². The zero-order valence-electron chi connectivity index (χ0n) is 12.4. The lowest BCUT2D eigenvalue weighted by molar-refractivity contribution is 0.436. The summed E-state index contributed by atoms with van der Waals surface area (Å²) in [6.45, 7) is 4.59. The predicted octanol–water partition coefficient (Wildman–Crippen LogP) is 4.23. The Morgan fingerprint density at radius 3 is 2.81 bits per heavy atom. The van der Waals surface area contributed by atoms with Gasteiger partial charge in [-0.05, 0) is 24.5 Å². The molecule has 2 aromatic rings. The van der Waals surface area contributed by atoms with E-state index in [0.29, 0.717) is 24.0 Å². The van der Waals surface area contributed by atoms with Crippen LogP contribution in [0.25, 0.3) is 0 Å². The third kappa shape index (κ3) is 4.44. The lowest BCUT2D eigenvalue weighted by atomic mass is 10.2. The van der Waals surface area contributed by atoms with E-state index in [1.807, 2.05) is 44.4 Å². The number of pyridine rings is 1. The summed E-state index contributed by atoms with van der Waals surface area (Å²) in [6.07, 6.45) is 3.16. The van der Waals surface area contributed by atoms with Gasteiger partial charge in [0.1, 0.15) is 11.6 Å². The fourth-order valence-electron chi connectivity index (χ4n) is 1.81. The molecule has 0 aliphatic carbocycles. The van der Waals surface area contributed by atoms with Crippen molar-refractivity contribution in [3.05, 3.63) is 47.9 Å². The summed E-state index contributed by atoms with van der Waals surface area (Å²) >= 11 is 1.60. The number of hydrogen-bond donors (Lipinski definition) is 1. The molecule has 0 aliphatic heterocycles. The number of thioether (sulfide) groups is 1. The van der Waals surface area contributed by atoms with Gasteiger partial charge in [-0.1, -0.05) is 26.0 Å². The highest BCUT2D eigenvalue weighted by Crippen LogP contribution is 2.31. The van der Waals surface area contributed by atoms with Crippen molar-refractivity contribution < 1.29 is 9.13 Å². The van der Waals surface area contributed by atoms with E-state index in [-0.39, 0.29) is 5.82 Å². The van der Waals surface area contributed by atoms with Gasteiger partial charge in [-0.25, -0.2) is 9.37 Å². The van der Waals surface area contributed by atoms with Crippen LogP contribution in [0.2, 0.25) is 0 Å². The van der Waals surface area contributed by atoms with Crippen LogP contribution in [0.4, 0.5) is 4.39 Å². The predicted molar refractivity (Wildman–Crippen MR) is 84.5 cm³/mol. The standard InChI is InChI=1S/C16H19FN2OS/c1-11(2)18-9-12-8-13(17)10-19-16(12)20-14-6-4-5-7-15(14)21-3/h4-8,10-11,18H,9H2,1-3H3. The summed E-state index contributed by atoms with van der Waals surface area (Å²) in [5.74, 6) is 0.807. The molecule has 0 bridgehead atoms. The number of benzene rings is 1. The van der Waals surface area contributed by atoms with E-state index in [1.54, 1.807) is 11.8 Å². The van der Waals surface area contributed by atoms with Crippen molar-refractivity contribution in [2.24, 2.45) is 0 Å². The highest BCUT2D eigenvalue weighted by atomic mass is 32.2. The molecule has 0 spiro atoms. The molecule has 0 fully saturated rings. The van der Waals surface area contributed by atoms with Crippen LogP contribution in [0, 0.1) is 5.82 Å². The first-order valence-corrected chi connectivity index (χ1v) is 8.01. The third-order valence-electron chi connectivity index (χ3n) is 2.87. The van der Waals surface area contributed by atoms with Crippen molar-refractivity contribution in [1.82, 2.24) is 10.3 Å². The first-order chi connectivity index (χ1) is 10.1. The first-order valence-electron chi connectivity index (χ1n) is 6.79. The van der Waals surface area contributed by atoms with Gasteiger partial charge in [0.25, 0.3) is 0 Å². The van der Waals surface area contributed by atoms with Gasteiger partial charge < -0.3 is 10.1 Å². The molecule has 0 aliphatic rings. The molecule has 0 saturated carbocycles. The van der Waals surface area contributed by atoms with Crippen LogP contribution in [-0.2, 0) is 6.54 Å². The Labute approximate surface area is 128 Å². The van der Waals surface area contributed by atoms with E-state index >= 15 is 0 Å². The lowest BCUT2D eigenvalue weighted by Gasteiger charge is -2.14. The largest absolute Gasteiger partial charge is 0.438 e. The minimum absolute atomic E-state index is 0.305. The Balaban J connectivity index is 2.26. The molecule has 1 aromatic carbocycles. The molecule has 112 valence electrons. The van der Waals surface area contributed by atoms with Crippen LogP contribution in [0.3, 0.4) is 0 Å². The Morgan fingerprint density at radius 1 is 1.33 bits per heavy atom. The summed E-state index contributed by atoms with van der Waals surface area (Å²) in [4.78, 5) is 5.10. The smallest absolute Gasteiger partial charge is 0.223 e. The molecule has 0 radical (unpaired) electrons. The number of ether oxygens (including phenoxy) is 1. The van der Waals surface area contributed by atoms with Crippen LogP contribution in [0.5, 0.6) is 11.6 Å². The summed E-state index contributed by atoms with van der Waals surface area (Å²) in [5, 5.41) is 3.25. The van der Waals surface area contributed by atoms with E-state index in [0.717, 1.165) is 10.6 Å². The highest BCUT2D eigenvalue weighted by molar-refractivity contribution is 7.98. The number of nitrogens with one attached hydrogen (secondary N) is 1. The van der Waals surface area contributed by atoms with Crippen molar-refractivity contribution in [2.75, 3.05) is 6.26 Å². The number of hydrogen-bond acceptors (Lipinski definition) is 4. The van der Waals surface area contributed by atoms with Gasteiger partial charge in [0.05, 0.1) is 6.20 Å². The van der Waals surface area contributed by atoms with Crippen molar-refractivity contribution in [1.29, 1.82) is 0 Å². The van der Waals surface area contributed by atoms with Crippen molar-refractivity contribution >= 4 is 11.8 Å². The normalized spacial score (nSPS) is 10.9. The van der Waals surface area contributed by atoms with E-state index in [1.165, 1.54) is 12.3 Å². The molecular weight excluding hydrogens is 287 g/mol. The average Bonchev–Trinajstić information content (AvgIpc) is 2.48. The zero-order valence-corrected chi connectivity index (χ0v) is 13.2. The molecule has 1 aromatic heterocycles. The Hall–Kier alpha value is -1.59. The molecule has 2 rings (SSSR count). The second-order valence-corrected chi connectivity index (χ2v) is 5.75. The fourth-order valence-corrected chi connectivity index (χ4v) is 2.33. The maximum Gasteiger partial charge on any atom is 0.223 e. The molecule has 0 unspecified atom stereocenters. The number of nitrogens with zero attached hydrogens (tertiary/aromatic N) is 1. The quantitative estimate of drug-likeness (QED) is 0.810. The average molecular weight is 306 g/mol. The van der Waals surface area contributed by atoms with Gasteiger partial charge in [0.15, 0.2) is 0 Å². The number of para-hydroxylation sites is 1. The van der Waals surface area contributed by atoms with E-state index in [9.17, 15) is 4.39 Å². The van der Waals surface area contributed by atoms with E-state index in [4.69, 9.17) is 4.74 Å². The van der Waals surface area contributed by atoms with Gasteiger partial charge in [-0.3, -0.25) is 0 Å². The summed E-state index contributed by atoms with van der Waals surface area (Å²) in [6, 6.07) is 9.49. The summed E-state index contributed by atoms with van der Waals surface area (Å²) in [7, 11) is 0. The summed E-state index contributed by atoms with van der Waals surface area (Å²) in [5.41, 5.74) is 0.708. The molecule has 21 heavy (non-hydrogen) atoms. The Morgan fingerprint density at radius 2 is 2.10 bits per heavy atom. The third-order valence-corrected chi connectivity index (χ3v) is 3.65. The molecule has 1 heterocycles. The fraction of sp³-hybridized carbons (Fsp3) is 0.312. The topological polar surface area (TPSA) is 34.1 Å². The second-order valence-electron chi connectivity index (χ2n) is 4.91. The van der Waals surface area contributed by atoms with Gasteiger partial charge in [-0.15, -0.1) is 11.8 Å². The van der Waals surface area contributed by atoms with Crippen molar-refractivity contribution in [3.8, 4) is 11.6 Å². The molecule has 1 N–H and O–H groups in total. The van der Waals surface area contributed by atoms with Crippen LogP contribution in [0.15, 0.2) is 41.4 Å². The van der Waals surface area contributed by atoms with Crippen LogP contribution in [0.1, 0.15) is 19.4 Å². The number of aromatic nitrogens is 1. The summed E-state index contributed by atoms with van der Waals surface area (Å²) < 4.78 is 19.3. The van der Waals surface area contributed by atoms with Crippen molar-refractivity contribution in [2.45, 2.75) is 31.3 Å². The van der Waals surface area contributed by atoms with Gasteiger partial charge in [0, 0.05) is 23.0 Å². The van der Waals surface area contributed by atoms with Gasteiger partial charge in [0.2, 0.25) is 5.88 Å². The number of rotatable bonds is 6. The highest BCUT2D eigenvalue weighted by Gasteiger charge is 2.11. The second kappa shape index (κ2) is 7.43.